The van der Waals surface area contributed by atoms with Crippen LogP contribution in [0.15, 0.2) is 0 Å². The summed E-state index contributed by atoms with van der Waals surface area (Å²) in [7, 11) is 0. The van der Waals surface area contributed by atoms with Crippen molar-refractivity contribution in [3.05, 3.63) is 0 Å². The maximum absolute atomic E-state index is 11.8. The van der Waals surface area contributed by atoms with Gasteiger partial charge in [0.05, 0.1) is 6.10 Å². The molecule has 1 atom stereocenters. The molecule has 0 bridgehead atoms. The maximum atomic E-state index is 11.8. The maximum Gasteiger partial charge on any atom is 0.237 e. The van der Waals surface area contributed by atoms with Crippen molar-refractivity contribution in [1.82, 2.24) is 10.9 Å². The summed E-state index contributed by atoms with van der Waals surface area (Å²) in [6.45, 7) is 2.89. The number of hydrogen-bond donors (Lipinski definition) is 3. The van der Waals surface area contributed by atoms with Crippen LogP contribution in [0.5, 0.6) is 0 Å². The Bertz CT molecular complexity index is 275. The zero-order valence-electron chi connectivity index (χ0n) is 10.4. The summed E-state index contributed by atoms with van der Waals surface area (Å²) in [4.78, 5) is 11.8. The molecule has 0 aromatic rings. The molecule has 0 aromatic carbocycles. The van der Waals surface area contributed by atoms with E-state index in [9.17, 15) is 9.90 Å². The Hall–Kier alpha value is -0.650. The summed E-state index contributed by atoms with van der Waals surface area (Å²) in [5.41, 5.74) is 5.64. The summed E-state index contributed by atoms with van der Waals surface area (Å²) in [5.74, 6) is 0.199. The predicted molar refractivity (Wildman–Crippen MR) is 62.8 cm³/mol. The van der Waals surface area contributed by atoms with Crippen LogP contribution in [0.3, 0.4) is 0 Å². The molecule has 0 aliphatic heterocycles. The number of aliphatic hydroxyl groups is 1. The number of hydrogen-bond acceptors (Lipinski definition) is 4. The van der Waals surface area contributed by atoms with Crippen LogP contribution in [0.4, 0.5) is 0 Å². The van der Waals surface area contributed by atoms with E-state index in [1.165, 1.54) is 0 Å². The van der Waals surface area contributed by atoms with E-state index >= 15 is 0 Å². The van der Waals surface area contributed by atoms with E-state index in [-0.39, 0.29) is 23.3 Å². The number of amides is 1. The van der Waals surface area contributed by atoms with Gasteiger partial charge in [-0.15, -0.1) is 0 Å². The first-order chi connectivity index (χ1) is 8.18. The largest absolute Gasteiger partial charge is 0.393 e. The Morgan fingerprint density at radius 3 is 2.82 bits per heavy atom. The van der Waals surface area contributed by atoms with Crippen LogP contribution >= 0.6 is 0 Å². The number of rotatable bonds is 5. The third-order valence-electron chi connectivity index (χ3n) is 4.05. The lowest BCUT2D eigenvalue weighted by molar-refractivity contribution is -0.125. The zero-order chi connectivity index (χ0) is 12.3. The zero-order valence-corrected chi connectivity index (χ0v) is 10.4. The van der Waals surface area contributed by atoms with Crippen LogP contribution in [0.1, 0.15) is 39.0 Å². The second kappa shape index (κ2) is 5.33. The van der Waals surface area contributed by atoms with E-state index in [1.807, 2.05) is 6.92 Å². The SMILES string of the molecule is CCOCNNC(=O)C1CC12CCC(O)CC2. The van der Waals surface area contributed by atoms with Crippen molar-refractivity contribution < 1.29 is 14.6 Å². The standard InChI is InChI=1S/C12H22N2O3/c1-2-17-8-13-14-11(16)10-7-12(10)5-3-9(15)4-6-12/h9-10,13,15H,2-8H2,1H3,(H,14,16). The molecule has 5 nitrogen and oxygen atoms in total. The molecule has 17 heavy (non-hydrogen) atoms. The van der Waals surface area contributed by atoms with E-state index in [2.05, 4.69) is 10.9 Å². The number of aliphatic hydroxyl groups excluding tert-OH is 1. The third kappa shape index (κ3) is 2.97. The molecular formula is C12H22N2O3. The van der Waals surface area contributed by atoms with Gasteiger partial charge in [-0.1, -0.05) is 0 Å². The van der Waals surface area contributed by atoms with Gasteiger partial charge in [-0.2, -0.15) is 0 Å². The van der Waals surface area contributed by atoms with Gasteiger partial charge >= 0.3 is 0 Å². The van der Waals surface area contributed by atoms with Gasteiger partial charge in [0.2, 0.25) is 5.91 Å². The summed E-state index contributed by atoms with van der Waals surface area (Å²) in [5, 5.41) is 9.47. The summed E-state index contributed by atoms with van der Waals surface area (Å²) in [6, 6.07) is 0. The Balaban J connectivity index is 1.69. The molecule has 0 heterocycles. The van der Waals surface area contributed by atoms with Crippen molar-refractivity contribution in [3.63, 3.8) is 0 Å². The van der Waals surface area contributed by atoms with Crippen LogP contribution in [0.25, 0.3) is 0 Å². The topological polar surface area (TPSA) is 70.6 Å². The second-order valence-electron chi connectivity index (χ2n) is 5.15. The molecule has 1 unspecified atom stereocenters. The van der Waals surface area contributed by atoms with Crippen LogP contribution in [0, 0.1) is 11.3 Å². The molecule has 0 saturated heterocycles. The van der Waals surface area contributed by atoms with Gasteiger partial charge in [0.15, 0.2) is 0 Å². The van der Waals surface area contributed by atoms with Gasteiger partial charge in [-0.25, -0.2) is 5.43 Å². The van der Waals surface area contributed by atoms with Crippen LogP contribution in [0.2, 0.25) is 0 Å². The molecule has 2 fully saturated rings. The molecule has 98 valence electrons. The van der Waals surface area contributed by atoms with Crippen LogP contribution in [-0.2, 0) is 9.53 Å². The molecule has 0 aromatic heterocycles. The highest BCUT2D eigenvalue weighted by molar-refractivity contribution is 5.82. The molecule has 5 heteroatoms. The van der Waals surface area contributed by atoms with Crippen LogP contribution in [-0.4, -0.2) is 30.5 Å². The van der Waals surface area contributed by atoms with Crippen molar-refractivity contribution >= 4 is 5.91 Å². The minimum absolute atomic E-state index is 0.0705. The van der Waals surface area contributed by atoms with E-state index in [1.54, 1.807) is 0 Å². The van der Waals surface area contributed by atoms with Gasteiger partial charge < -0.3 is 9.84 Å². The summed E-state index contributed by atoms with van der Waals surface area (Å²) < 4.78 is 5.08. The van der Waals surface area contributed by atoms with Crippen molar-refractivity contribution in [1.29, 1.82) is 0 Å². The van der Waals surface area contributed by atoms with E-state index in [0.29, 0.717) is 13.3 Å². The normalized spacial score (nSPS) is 35.9. The Morgan fingerprint density at radius 1 is 1.47 bits per heavy atom. The van der Waals surface area contributed by atoms with Crippen molar-refractivity contribution in [3.8, 4) is 0 Å². The third-order valence-corrected chi connectivity index (χ3v) is 4.05. The summed E-state index contributed by atoms with van der Waals surface area (Å²) in [6.07, 6.45) is 4.48. The van der Waals surface area contributed by atoms with E-state index in [0.717, 1.165) is 32.1 Å². The highest BCUT2D eigenvalue weighted by Crippen LogP contribution is 2.61. The first-order valence-electron chi connectivity index (χ1n) is 6.46. The van der Waals surface area contributed by atoms with Crippen LogP contribution < -0.4 is 10.9 Å². The minimum atomic E-state index is -0.152. The molecule has 1 spiro atoms. The predicted octanol–water partition coefficient (Wildman–Crippen LogP) is 0.542. The quantitative estimate of drug-likeness (QED) is 0.374. The molecule has 2 rings (SSSR count). The highest BCUT2D eigenvalue weighted by atomic mass is 16.5. The summed E-state index contributed by atoms with van der Waals surface area (Å²) >= 11 is 0. The lowest BCUT2D eigenvalue weighted by Crippen LogP contribution is -2.41. The molecular weight excluding hydrogens is 220 g/mol. The molecule has 0 radical (unpaired) electrons. The number of nitrogens with one attached hydrogen (secondary N) is 2. The van der Waals surface area contributed by atoms with Crippen molar-refractivity contribution in [2.45, 2.75) is 45.1 Å². The molecule has 1 amide bonds. The monoisotopic (exact) mass is 242 g/mol. The lowest BCUT2D eigenvalue weighted by atomic mass is 9.83. The molecule has 2 saturated carbocycles. The van der Waals surface area contributed by atoms with Crippen molar-refractivity contribution in [2.24, 2.45) is 11.3 Å². The fraction of sp³-hybridized carbons (Fsp3) is 0.917. The van der Waals surface area contributed by atoms with E-state index < -0.39 is 0 Å². The second-order valence-corrected chi connectivity index (χ2v) is 5.15. The lowest BCUT2D eigenvalue weighted by Gasteiger charge is -2.26. The smallest absolute Gasteiger partial charge is 0.237 e. The number of carbonyl (C=O) groups excluding carboxylic acids is 1. The Kier molecular flexibility index (Phi) is 4.01. The van der Waals surface area contributed by atoms with Gasteiger partial charge in [-0.05, 0) is 44.4 Å². The van der Waals surface area contributed by atoms with Gasteiger partial charge in [0.1, 0.15) is 6.73 Å². The Morgan fingerprint density at radius 2 is 2.18 bits per heavy atom. The van der Waals surface area contributed by atoms with Gasteiger partial charge in [0.25, 0.3) is 0 Å². The first kappa shape index (κ1) is 12.8. The fourth-order valence-electron chi connectivity index (χ4n) is 2.81. The van der Waals surface area contributed by atoms with E-state index in [4.69, 9.17) is 4.74 Å². The molecule has 3 N–H and O–H groups in total. The van der Waals surface area contributed by atoms with Gasteiger partial charge in [0, 0.05) is 12.5 Å². The number of ether oxygens (including phenoxy) is 1. The van der Waals surface area contributed by atoms with Gasteiger partial charge in [-0.3, -0.25) is 10.2 Å². The van der Waals surface area contributed by atoms with Crippen molar-refractivity contribution in [2.75, 3.05) is 13.3 Å². The minimum Gasteiger partial charge on any atom is -0.393 e. The number of carbonyl (C=O) groups is 1. The highest BCUT2D eigenvalue weighted by Gasteiger charge is 2.58. The molecule has 2 aliphatic rings. The number of hydrazine groups is 1. The fourth-order valence-corrected chi connectivity index (χ4v) is 2.81. The average Bonchev–Trinajstić information content (AvgIpc) is 3.03. The first-order valence-corrected chi connectivity index (χ1v) is 6.46. The Labute approximate surface area is 102 Å². The molecule has 2 aliphatic carbocycles. The average molecular weight is 242 g/mol.